The van der Waals surface area contributed by atoms with Crippen LogP contribution in [0, 0.1) is 5.92 Å². The molecule has 25 heavy (non-hydrogen) atoms. The summed E-state index contributed by atoms with van der Waals surface area (Å²) in [5, 5.41) is 3.54. The molecule has 0 aliphatic carbocycles. The number of esters is 1. The Morgan fingerprint density at radius 1 is 1.24 bits per heavy atom. The number of hydrogen-bond donors (Lipinski definition) is 1. The van der Waals surface area contributed by atoms with Gasteiger partial charge in [-0.25, -0.2) is 0 Å². The van der Waals surface area contributed by atoms with E-state index in [9.17, 15) is 4.79 Å². The van der Waals surface area contributed by atoms with E-state index in [4.69, 9.17) is 14.2 Å². The molecule has 0 radical (unpaired) electrons. The van der Waals surface area contributed by atoms with Crippen molar-refractivity contribution in [2.45, 2.75) is 51.4 Å². The Morgan fingerprint density at radius 2 is 1.92 bits per heavy atom. The Kier molecular flexibility index (Phi) is 7.88. The summed E-state index contributed by atoms with van der Waals surface area (Å²) in [5.74, 6) is -1.43. The van der Waals surface area contributed by atoms with Crippen LogP contribution in [0.3, 0.4) is 0 Å². The number of ether oxygens (including phenoxy) is 3. The lowest BCUT2D eigenvalue weighted by Crippen LogP contribution is -2.44. The number of methoxy groups -OCH3 is 1. The molecule has 0 amide bonds. The molecule has 1 aliphatic rings. The molecule has 1 aliphatic heterocycles. The van der Waals surface area contributed by atoms with Gasteiger partial charge in [-0.3, -0.25) is 4.79 Å². The van der Waals surface area contributed by atoms with Crippen LogP contribution in [-0.2, 0) is 19.0 Å². The molecule has 2 atom stereocenters. The maximum absolute atomic E-state index is 12.1. The summed E-state index contributed by atoms with van der Waals surface area (Å²) in [6, 6.07) is 10.7. The summed E-state index contributed by atoms with van der Waals surface area (Å²) in [5.41, 5.74) is 1.29. The smallest absolute Gasteiger partial charge is 0.314 e. The fraction of sp³-hybridized carbons (Fsp3) is 0.650. The molecule has 5 nitrogen and oxygen atoms in total. The van der Waals surface area contributed by atoms with Gasteiger partial charge in [0.1, 0.15) is 5.92 Å². The monoisotopic (exact) mass is 349 g/mol. The fourth-order valence-corrected chi connectivity index (χ4v) is 3.46. The SMILES string of the molecule is CCC(C(=O)OC)C1(CCCCN[C@@H](C)c2ccccc2)OCCO1. The van der Waals surface area contributed by atoms with Crippen molar-refractivity contribution in [2.75, 3.05) is 26.9 Å². The van der Waals surface area contributed by atoms with Gasteiger partial charge in [-0.05, 0) is 38.3 Å². The predicted molar refractivity (Wildman–Crippen MR) is 97.1 cm³/mol. The molecule has 0 bridgehead atoms. The first kappa shape index (κ1) is 19.9. The number of unbranched alkanes of at least 4 members (excludes halogenated alkanes) is 1. The average Bonchev–Trinajstić information content (AvgIpc) is 3.12. The van der Waals surface area contributed by atoms with Gasteiger partial charge in [-0.1, -0.05) is 37.3 Å². The van der Waals surface area contributed by atoms with Crippen LogP contribution in [0.25, 0.3) is 0 Å². The van der Waals surface area contributed by atoms with Crippen LogP contribution in [0.5, 0.6) is 0 Å². The fourth-order valence-electron chi connectivity index (χ4n) is 3.46. The second-order valence-electron chi connectivity index (χ2n) is 6.54. The Bertz CT molecular complexity index is 514. The molecule has 1 N–H and O–H groups in total. The molecule has 1 aromatic rings. The highest BCUT2D eigenvalue weighted by Crippen LogP contribution is 2.36. The van der Waals surface area contributed by atoms with E-state index in [0.717, 1.165) is 19.4 Å². The minimum absolute atomic E-state index is 0.250. The van der Waals surface area contributed by atoms with E-state index >= 15 is 0 Å². The minimum Gasteiger partial charge on any atom is -0.469 e. The van der Waals surface area contributed by atoms with Crippen molar-refractivity contribution >= 4 is 5.97 Å². The van der Waals surface area contributed by atoms with Crippen LogP contribution in [-0.4, -0.2) is 38.6 Å². The number of benzene rings is 1. The zero-order valence-corrected chi connectivity index (χ0v) is 15.6. The Hall–Kier alpha value is -1.43. The standard InChI is InChI=1S/C20H31NO4/c1-4-18(19(22)23-3)20(24-14-15-25-20)12-8-9-13-21-16(2)17-10-6-5-7-11-17/h5-7,10-11,16,18,21H,4,8-9,12-15H2,1-3H3/t16-,18?/m0/s1. The number of carbonyl (C=O) groups is 1. The van der Waals surface area contributed by atoms with Gasteiger partial charge >= 0.3 is 5.97 Å². The van der Waals surface area contributed by atoms with Gasteiger partial charge in [-0.2, -0.15) is 0 Å². The van der Waals surface area contributed by atoms with Gasteiger partial charge < -0.3 is 19.5 Å². The molecular formula is C20H31NO4. The third-order valence-electron chi connectivity index (χ3n) is 4.90. The molecular weight excluding hydrogens is 318 g/mol. The van der Waals surface area contributed by atoms with Crippen molar-refractivity contribution in [3.63, 3.8) is 0 Å². The molecule has 0 aromatic heterocycles. The van der Waals surface area contributed by atoms with Crippen molar-refractivity contribution in [2.24, 2.45) is 5.92 Å². The Morgan fingerprint density at radius 3 is 2.52 bits per heavy atom. The molecule has 1 saturated heterocycles. The minimum atomic E-state index is -0.813. The summed E-state index contributed by atoms with van der Waals surface area (Å²) in [6.45, 7) is 6.14. The highest BCUT2D eigenvalue weighted by Gasteiger charge is 2.47. The van der Waals surface area contributed by atoms with Crippen molar-refractivity contribution in [1.82, 2.24) is 5.32 Å². The number of nitrogens with one attached hydrogen (secondary N) is 1. The number of hydrogen-bond acceptors (Lipinski definition) is 5. The van der Waals surface area contributed by atoms with Crippen LogP contribution in [0.2, 0.25) is 0 Å². The highest BCUT2D eigenvalue weighted by atomic mass is 16.7. The maximum Gasteiger partial charge on any atom is 0.314 e. The lowest BCUT2D eigenvalue weighted by atomic mass is 9.91. The van der Waals surface area contributed by atoms with Crippen molar-refractivity contribution in [3.8, 4) is 0 Å². The van der Waals surface area contributed by atoms with Gasteiger partial charge in [0.05, 0.1) is 20.3 Å². The van der Waals surface area contributed by atoms with Gasteiger partial charge in [-0.15, -0.1) is 0 Å². The molecule has 1 aromatic carbocycles. The summed E-state index contributed by atoms with van der Waals surface area (Å²) < 4.78 is 16.7. The lowest BCUT2D eigenvalue weighted by Gasteiger charge is -2.33. The lowest BCUT2D eigenvalue weighted by molar-refractivity contribution is -0.212. The molecule has 140 valence electrons. The molecule has 2 rings (SSSR count). The van der Waals surface area contributed by atoms with Crippen LogP contribution in [0.4, 0.5) is 0 Å². The maximum atomic E-state index is 12.1. The second-order valence-corrected chi connectivity index (χ2v) is 6.54. The zero-order valence-electron chi connectivity index (χ0n) is 15.6. The zero-order chi connectivity index (χ0) is 18.1. The predicted octanol–water partition coefficient (Wildman–Crippen LogP) is 3.45. The number of rotatable bonds is 10. The third-order valence-corrected chi connectivity index (χ3v) is 4.90. The second kappa shape index (κ2) is 9.90. The Labute approximate surface area is 151 Å². The van der Waals surface area contributed by atoms with E-state index in [0.29, 0.717) is 32.1 Å². The topological polar surface area (TPSA) is 56.8 Å². The summed E-state index contributed by atoms with van der Waals surface area (Å²) in [4.78, 5) is 12.1. The first-order valence-corrected chi connectivity index (χ1v) is 9.27. The van der Waals surface area contributed by atoms with Crippen molar-refractivity contribution < 1.29 is 19.0 Å². The van der Waals surface area contributed by atoms with Gasteiger partial charge in [0.2, 0.25) is 0 Å². The summed E-state index contributed by atoms with van der Waals surface area (Å²) >= 11 is 0. The largest absolute Gasteiger partial charge is 0.469 e. The molecule has 1 heterocycles. The quantitative estimate of drug-likeness (QED) is 0.518. The van der Waals surface area contributed by atoms with E-state index in [1.54, 1.807) is 0 Å². The first-order valence-electron chi connectivity index (χ1n) is 9.27. The molecule has 0 saturated carbocycles. The molecule has 1 unspecified atom stereocenters. The van der Waals surface area contributed by atoms with E-state index in [1.807, 2.05) is 13.0 Å². The van der Waals surface area contributed by atoms with Gasteiger partial charge in [0.15, 0.2) is 5.79 Å². The van der Waals surface area contributed by atoms with Crippen LogP contribution >= 0.6 is 0 Å². The first-order chi connectivity index (χ1) is 12.1. The van der Waals surface area contributed by atoms with Gasteiger partial charge in [0.25, 0.3) is 0 Å². The van der Waals surface area contributed by atoms with Crippen LogP contribution < -0.4 is 5.32 Å². The molecule has 0 spiro atoms. The van der Waals surface area contributed by atoms with E-state index < -0.39 is 5.79 Å². The Balaban J connectivity index is 1.79. The van der Waals surface area contributed by atoms with Crippen LogP contribution in [0.15, 0.2) is 30.3 Å². The highest BCUT2D eigenvalue weighted by molar-refractivity contribution is 5.73. The van der Waals surface area contributed by atoms with Crippen LogP contribution in [0.1, 0.15) is 51.1 Å². The normalized spacial score (nSPS) is 18.7. The molecule has 5 heteroatoms. The summed E-state index contributed by atoms with van der Waals surface area (Å²) in [6.07, 6.45) is 3.29. The van der Waals surface area contributed by atoms with E-state index in [1.165, 1.54) is 12.7 Å². The van der Waals surface area contributed by atoms with E-state index in [2.05, 4.69) is 36.5 Å². The number of carbonyl (C=O) groups excluding carboxylic acids is 1. The molecule has 1 fully saturated rings. The van der Waals surface area contributed by atoms with E-state index in [-0.39, 0.29) is 11.9 Å². The third kappa shape index (κ3) is 5.27. The van der Waals surface area contributed by atoms with Crippen molar-refractivity contribution in [1.29, 1.82) is 0 Å². The van der Waals surface area contributed by atoms with Crippen molar-refractivity contribution in [3.05, 3.63) is 35.9 Å². The summed E-state index contributed by atoms with van der Waals surface area (Å²) in [7, 11) is 1.42. The van der Waals surface area contributed by atoms with Gasteiger partial charge in [0, 0.05) is 12.5 Å². The average molecular weight is 349 g/mol.